The molecule has 0 fully saturated rings. The van der Waals surface area contributed by atoms with E-state index in [1.807, 2.05) is 37.3 Å². The lowest BCUT2D eigenvalue weighted by Gasteiger charge is -2.23. The number of benzene rings is 1. The van der Waals surface area contributed by atoms with Gasteiger partial charge in [0.1, 0.15) is 5.82 Å². The third kappa shape index (κ3) is 4.60. The Kier molecular flexibility index (Phi) is 6.01. The summed E-state index contributed by atoms with van der Waals surface area (Å²) < 4.78 is 0. The van der Waals surface area contributed by atoms with Crippen LogP contribution in [0, 0.1) is 6.92 Å². The van der Waals surface area contributed by atoms with Gasteiger partial charge in [-0.3, -0.25) is 0 Å². The molecule has 0 spiro atoms. The van der Waals surface area contributed by atoms with E-state index in [0.29, 0.717) is 11.0 Å². The molecule has 0 radical (unpaired) electrons. The minimum absolute atomic E-state index is 0.606. The maximum Gasteiger partial charge on any atom is 0.229 e. The van der Waals surface area contributed by atoms with Gasteiger partial charge in [-0.2, -0.15) is 4.98 Å². The van der Waals surface area contributed by atoms with Gasteiger partial charge < -0.3 is 10.2 Å². The number of hydrogen-bond donors (Lipinski definition) is 1. The molecule has 0 aliphatic rings. The quantitative estimate of drug-likeness (QED) is 0.795. The molecule has 0 aliphatic carbocycles. The van der Waals surface area contributed by atoms with E-state index in [-0.39, 0.29) is 0 Å². The van der Waals surface area contributed by atoms with E-state index in [9.17, 15) is 0 Å². The van der Waals surface area contributed by atoms with Crippen LogP contribution in [0.25, 0.3) is 0 Å². The first-order valence-corrected chi connectivity index (χ1v) is 8.13. The van der Waals surface area contributed by atoms with Gasteiger partial charge in [-0.05, 0) is 38.0 Å². The van der Waals surface area contributed by atoms with Crippen molar-refractivity contribution >= 4 is 29.1 Å². The highest BCUT2D eigenvalue weighted by atomic mass is 35.5. The van der Waals surface area contributed by atoms with Crippen molar-refractivity contribution in [3.63, 3.8) is 0 Å². The van der Waals surface area contributed by atoms with Gasteiger partial charge in [0.15, 0.2) is 0 Å². The normalized spacial score (nSPS) is 10.5. The van der Waals surface area contributed by atoms with Crippen LogP contribution in [0.2, 0.25) is 5.02 Å². The van der Waals surface area contributed by atoms with Crippen LogP contribution in [0.4, 0.5) is 17.5 Å². The van der Waals surface area contributed by atoms with E-state index in [4.69, 9.17) is 11.6 Å². The summed E-state index contributed by atoms with van der Waals surface area (Å²) >= 11 is 6.02. The molecule has 0 amide bonds. The molecule has 0 bridgehead atoms. The smallest absolute Gasteiger partial charge is 0.229 e. The average Bonchev–Trinajstić information content (AvgIpc) is 2.46. The molecule has 2 rings (SSSR count). The lowest BCUT2D eigenvalue weighted by Crippen LogP contribution is -2.26. The van der Waals surface area contributed by atoms with E-state index in [1.165, 1.54) is 0 Å². The fraction of sp³-hybridized carbons (Fsp3) is 0.412. The van der Waals surface area contributed by atoms with Gasteiger partial charge >= 0.3 is 0 Å². The second kappa shape index (κ2) is 7.99. The van der Waals surface area contributed by atoms with Crippen molar-refractivity contribution in [1.29, 1.82) is 0 Å². The standard InChI is InChI=1S/C17H23ClN4/c1-4-9-22(10-5-2)16-11-13(3)19-17(21-16)20-15-8-6-7-14(18)12-15/h6-8,11-12H,4-5,9-10H2,1-3H3,(H,19,20,21). The topological polar surface area (TPSA) is 41.1 Å². The number of hydrogen-bond acceptors (Lipinski definition) is 4. The van der Waals surface area contributed by atoms with Gasteiger partial charge in [-0.15, -0.1) is 0 Å². The number of nitrogens with one attached hydrogen (secondary N) is 1. The molecule has 1 N–H and O–H groups in total. The minimum atomic E-state index is 0.606. The Morgan fingerprint density at radius 2 is 1.82 bits per heavy atom. The Labute approximate surface area is 137 Å². The van der Waals surface area contributed by atoms with Gasteiger partial charge in [-0.25, -0.2) is 4.98 Å². The van der Waals surface area contributed by atoms with E-state index >= 15 is 0 Å². The predicted octanol–water partition coefficient (Wildman–Crippen LogP) is 4.81. The summed E-state index contributed by atoms with van der Waals surface area (Å²) in [5.41, 5.74) is 1.84. The number of rotatable bonds is 7. The fourth-order valence-electron chi connectivity index (χ4n) is 2.35. The zero-order valence-electron chi connectivity index (χ0n) is 13.4. The largest absolute Gasteiger partial charge is 0.356 e. The second-order valence-electron chi connectivity index (χ2n) is 5.31. The summed E-state index contributed by atoms with van der Waals surface area (Å²) in [6.45, 7) is 8.36. The second-order valence-corrected chi connectivity index (χ2v) is 5.75. The van der Waals surface area contributed by atoms with Crippen LogP contribution in [0.5, 0.6) is 0 Å². The molecule has 0 atom stereocenters. The van der Waals surface area contributed by atoms with Crippen molar-refractivity contribution in [3.8, 4) is 0 Å². The Morgan fingerprint density at radius 1 is 1.09 bits per heavy atom. The summed E-state index contributed by atoms with van der Waals surface area (Å²) in [6.07, 6.45) is 2.19. The third-order valence-corrected chi connectivity index (χ3v) is 3.47. The monoisotopic (exact) mass is 318 g/mol. The fourth-order valence-corrected chi connectivity index (χ4v) is 2.54. The Hall–Kier alpha value is -1.81. The molecule has 22 heavy (non-hydrogen) atoms. The lowest BCUT2D eigenvalue weighted by molar-refractivity contribution is 0.732. The van der Waals surface area contributed by atoms with Crippen molar-refractivity contribution in [3.05, 3.63) is 41.0 Å². The summed E-state index contributed by atoms with van der Waals surface area (Å²) in [7, 11) is 0. The highest BCUT2D eigenvalue weighted by Crippen LogP contribution is 2.21. The van der Waals surface area contributed by atoms with Crippen LogP contribution in [0.3, 0.4) is 0 Å². The average molecular weight is 319 g/mol. The molecule has 5 heteroatoms. The van der Waals surface area contributed by atoms with Crippen molar-refractivity contribution in [2.24, 2.45) is 0 Å². The molecule has 4 nitrogen and oxygen atoms in total. The van der Waals surface area contributed by atoms with Crippen LogP contribution in [-0.4, -0.2) is 23.1 Å². The van der Waals surface area contributed by atoms with Crippen molar-refractivity contribution in [2.75, 3.05) is 23.3 Å². The van der Waals surface area contributed by atoms with Crippen molar-refractivity contribution in [1.82, 2.24) is 9.97 Å². The van der Waals surface area contributed by atoms with Crippen LogP contribution in [0.1, 0.15) is 32.4 Å². The molecule has 2 aromatic rings. The van der Waals surface area contributed by atoms with Crippen LogP contribution < -0.4 is 10.2 Å². The molecule has 0 unspecified atom stereocenters. The number of anilines is 3. The van der Waals surface area contributed by atoms with Crippen molar-refractivity contribution < 1.29 is 0 Å². The minimum Gasteiger partial charge on any atom is -0.356 e. The zero-order valence-corrected chi connectivity index (χ0v) is 14.2. The molecule has 1 aromatic heterocycles. The van der Waals surface area contributed by atoms with E-state index in [1.54, 1.807) is 0 Å². The van der Waals surface area contributed by atoms with Gasteiger partial charge in [-0.1, -0.05) is 31.5 Å². The molecule has 0 saturated heterocycles. The van der Waals surface area contributed by atoms with E-state index < -0.39 is 0 Å². The molecular formula is C17H23ClN4. The summed E-state index contributed by atoms with van der Waals surface area (Å²) in [5.74, 6) is 1.58. The maximum atomic E-state index is 6.02. The highest BCUT2D eigenvalue weighted by molar-refractivity contribution is 6.30. The van der Waals surface area contributed by atoms with Gasteiger partial charge in [0.25, 0.3) is 0 Å². The first-order valence-electron chi connectivity index (χ1n) is 7.75. The Bertz CT molecular complexity index is 609. The Balaban J connectivity index is 2.25. The molecular weight excluding hydrogens is 296 g/mol. The van der Waals surface area contributed by atoms with E-state index in [2.05, 4.69) is 34.0 Å². The third-order valence-electron chi connectivity index (χ3n) is 3.23. The maximum absolute atomic E-state index is 6.02. The molecule has 1 aromatic carbocycles. The first-order chi connectivity index (χ1) is 10.6. The first kappa shape index (κ1) is 16.6. The summed E-state index contributed by atoms with van der Waals surface area (Å²) in [5, 5.41) is 3.92. The Morgan fingerprint density at radius 3 is 2.45 bits per heavy atom. The summed E-state index contributed by atoms with van der Waals surface area (Å²) in [6, 6.07) is 9.60. The summed E-state index contributed by atoms with van der Waals surface area (Å²) in [4.78, 5) is 11.4. The molecule has 0 aliphatic heterocycles. The number of aryl methyl sites for hydroxylation is 1. The predicted molar refractivity (Wildman–Crippen MR) is 94.3 cm³/mol. The molecule has 0 saturated carbocycles. The van der Waals surface area contributed by atoms with E-state index in [0.717, 1.165) is 43.1 Å². The number of nitrogens with zero attached hydrogens (tertiary/aromatic N) is 3. The lowest BCUT2D eigenvalue weighted by atomic mass is 10.3. The van der Waals surface area contributed by atoms with Gasteiger partial charge in [0.05, 0.1) is 0 Å². The zero-order chi connectivity index (χ0) is 15.9. The highest BCUT2D eigenvalue weighted by Gasteiger charge is 2.09. The molecule has 118 valence electrons. The van der Waals surface area contributed by atoms with Crippen LogP contribution in [0.15, 0.2) is 30.3 Å². The van der Waals surface area contributed by atoms with Crippen LogP contribution >= 0.6 is 11.6 Å². The molecule has 1 heterocycles. The number of halogens is 1. The van der Waals surface area contributed by atoms with Crippen molar-refractivity contribution in [2.45, 2.75) is 33.6 Å². The van der Waals surface area contributed by atoms with Gasteiger partial charge in [0, 0.05) is 35.6 Å². The number of aromatic nitrogens is 2. The van der Waals surface area contributed by atoms with Crippen LogP contribution in [-0.2, 0) is 0 Å². The SMILES string of the molecule is CCCN(CCC)c1cc(C)nc(Nc2cccc(Cl)c2)n1. The van der Waals surface area contributed by atoms with Gasteiger partial charge in [0.2, 0.25) is 5.95 Å².